The van der Waals surface area contributed by atoms with E-state index in [0.29, 0.717) is 5.69 Å². The Morgan fingerprint density at radius 1 is 1.24 bits per heavy atom. The smallest absolute Gasteiger partial charge is 0.270 e. The molecule has 130 valence electrons. The van der Waals surface area contributed by atoms with E-state index in [1.54, 1.807) is 12.1 Å². The second kappa shape index (κ2) is 7.89. The summed E-state index contributed by atoms with van der Waals surface area (Å²) < 4.78 is 0.904. The molecule has 0 aliphatic heterocycles. The summed E-state index contributed by atoms with van der Waals surface area (Å²) in [5.74, 6) is -0.821. The summed E-state index contributed by atoms with van der Waals surface area (Å²) >= 11 is 3.35. The Bertz CT molecular complexity index is 838. The van der Waals surface area contributed by atoms with Crippen molar-refractivity contribution in [2.45, 2.75) is 6.92 Å². The standard InChI is InChI=1S/C17H16BrN3O4/c1-11-8-13(18)6-7-15(11)19-16(22)10-20(2)17(23)12-4-3-5-14(9-12)21(24)25/h3-9H,10H2,1-2H3,(H,19,22). The molecule has 0 saturated heterocycles. The maximum absolute atomic E-state index is 12.3. The van der Waals surface area contributed by atoms with Gasteiger partial charge in [0.1, 0.15) is 0 Å². The minimum absolute atomic E-state index is 0.157. The highest BCUT2D eigenvalue weighted by Gasteiger charge is 2.17. The van der Waals surface area contributed by atoms with Crippen LogP contribution >= 0.6 is 15.9 Å². The molecule has 0 radical (unpaired) electrons. The molecule has 0 bridgehead atoms. The van der Waals surface area contributed by atoms with E-state index in [0.717, 1.165) is 10.0 Å². The lowest BCUT2D eigenvalue weighted by molar-refractivity contribution is -0.384. The van der Waals surface area contributed by atoms with Crippen LogP contribution in [-0.4, -0.2) is 35.2 Å². The first-order valence-corrected chi connectivity index (χ1v) is 8.13. The summed E-state index contributed by atoms with van der Waals surface area (Å²) in [6.07, 6.45) is 0. The SMILES string of the molecule is Cc1cc(Br)ccc1NC(=O)CN(C)C(=O)c1cccc([N+](=O)[O-])c1. The predicted octanol–water partition coefficient (Wildman–Crippen LogP) is 3.38. The van der Waals surface area contributed by atoms with E-state index in [1.807, 2.05) is 13.0 Å². The van der Waals surface area contributed by atoms with Crippen LogP contribution in [-0.2, 0) is 4.79 Å². The summed E-state index contributed by atoms with van der Waals surface area (Å²) in [7, 11) is 1.47. The number of halogens is 1. The molecule has 0 saturated carbocycles. The lowest BCUT2D eigenvalue weighted by Gasteiger charge is -2.17. The van der Waals surface area contributed by atoms with E-state index in [1.165, 1.54) is 36.2 Å². The van der Waals surface area contributed by atoms with Gasteiger partial charge < -0.3 is 10.2 Å². The number of hydrogen-bond acceptors (Lipinski definition) is 4. The highest BCUT2D eigenvalue weighted by atomic mass is 79.9. The number of rotatable bonds is 5. The third-order valence-electron chi connectivity index (χ3n) is 3.49. The second-order valence-electron chi connectivity index (χ2n) is 5.48. The molecule has 8 heteroatoms. The Morgan fingerprint density at radius 2 is 1.96 bits per heavy atom. The van der Waals surface area contributed by atoms with E-state index >= 15 is 0 Å². The number of nitrogens with zero attached hydrogens (tertiary/aromatic N) is 2. The number of nitro benzene ring substituents is 1. The Labute approximate surface area is 152 Å². The van der Waals surface area contributed by atoms with Crippen LogP contribution < -0.4 is 5.32 Å². The normalized spacial score (nSPS) is 10.2. The molecule has 0 aliphatic carbocycles. The molecule has 1 N–H and O–H groups in total. The third kappa shape index (κ3) is 4.87. The summed E-state index contributed by atoms with van der Waals surface area (Å²) in [6.45, 7) is 1.69. The number of benzene rings is 2. The molecule has 0 heterocycles. The fourth-order valence-corrected chi connectivity index (χ4v) is 2.69. The zero-order chi connectivity index (χ0) is 18.6. The van der Waals surface area contributed by atoms with Crippen LogP contribution in [0.2, 0.25) is 0 Å². The van der Waals surface area contributed by atoms with Gasteiger partial charge in [0.25, 0.3) is 11.6 Å². The average Bonchev–Trinajstić information content (AvgIpc) is 2.56. The van der Waals surface area contributed by atoms with Crippen molar-refractivity contribution < 1.29 is 14.5 Å². The van der Waals surface area contributed by atoms with Gasteiger partial charge in [0, 0.05) is 34.9 Å². The molecule has 0 aliphatic rings. The molecular weight excluding hydrogens is 390 g/mol. The first-order valence-electron chi connectivity index (χ1n) is 7.34. The summed E-state index contributed by atoms with van der Waals surface area (Å²) in [5, 5.41) is 13.5. The van der Waals surface area contributed by atoms with Crippen LogP contribution in [0.4, 0.5) is 11.4 Å². The first kappa shape index (κ1) is 18.6. The van der Waals surface area contributed by atoms with Crippen LogP contribution in [0.1, 0.15) is 15.9 Å². The maximum atomic E-state index is 12.3. The van der Waals surface area contributed by atoms with Crippen molar-refractivity contribution >= 4 is 39.1 Å². The van der Waals surface area contributed by atoms with Crippen LogP contribution in [0.15, 0.2) is 46.9 Å². The number of nitrogens with one attached hydrogen (secondary N) is 1. The topological polar surface area (TPSA) is 92.6 Å². The molecule has 0 unspecified atom stereocenters. The Morgan fingerprint density at radius 3 is 2.60 bits per heavy atom. The summed E-state index contributed by atoms with van der Waals surface area (Å²) in [4.78, 5) is 35.9. The molecule has 0 atom stereocenters. The number of hydrogen-bond donors (Lipinski definition) is 1. The number of non-ortho nitro benzene ring substituents is 1. The summed E-state index contributed by atoms with van der Waals surface area (Å²) in [6, 6.07) is 10.8. The van der Waals surface area contributed by atoms with Crippen molar-refractivity contribution in [2.75, 3.05) is 18.9 Å². The van der Waals surface area contributed by atoms with Gasteiger partial charge in [0.05, 0.1) is 11.5 Å². The lowest BCUT2D eigenvalue weighted by atomic mass is 10.2. The highest BCUT2D eigenvalue weighted by molar-refractivity contribution is 9.10. The van der Waals surface area contributed by atoms with Crippen molar-refractivity contribution in [2.24, 2.45) is 0 Å². The van der Waals surface area contributed by atoms with Gasteiger partial charge in [-0.1, -0.05) is 22.0 Å². The molecule has 0 spiro atoms. The fraction of sp³-hybridized carbons (Fsp3) is 0.176. The van der Waals surface area contributed by atoms with Crippen LogP contribution in [0.3, 0.4) is 0 Å². The van der Waals surface area contributed by atoms with Crippen molar-refractivity contribution in [3.05, 3.63) is 68.2 Å². The maximum Gasteiger partial charge on any atom is 0.270 e. The molecule has 2 rings (SSSR count). The van der Waals surface area contributed by atoms with Gasteiger partial charge in [-0.3, -0.25) is 19.7 Å². The van der Waals surface area contributed by atoms with Crippen LogP contribution in [0, 0.1) is 17.0 Å². The largest absolute Gasteiger partial charge is 0.332 e. The number of aryl methyl sites for hydroxylation is 1. The average molecular weight is 406 g/mol. The van der Waals surface area contributed by atoms with Crippen molar-refractivity contribution in [1.82, 2.24) is 4.90 Å². The van der Waals surface area contributed by atoms with Gasteiger partial charge in [-0.15, -0.1) is 0 Å². The third-order valence-corrected chi connectivity index (χ3v) is 3.99. The number of anilines is 1. The molecule has 2 amide bonds. The Balaban J connectivity index is 2.04. The Hall–Kier alpha value is -2.74. The lowest BCUT2D eigenvalue weighted by Crippen LogP contribution is -2.35. The predicted molar refractivity (Wildman–Crippen MR) is 97.6 cm³/mol. The molecule has 2 aromatic rings. The fourth-order valence-electron chi connectivity index (χ4n) is 2.22. The zero-order valence-electron chi connectivity index (χ0n) is 13.7. The molecule has 0 fully saturated rings. The van der Waals surface area contributed by atoms with Crippen molar-refractivity contribution in [3.8, 4) is 0 Å². The van der Waals surface area contributed by atoms with Gasteiger partial charge in [0.15, 0.2) is 0 Å². The molecule has 0 aromatic heterocycles. The van der Waals surface area contributed by atoms with E-state index in [-0.39, 0.29) is 23.7 Å². The highest BCUT2D eigenvalue weighted by Crippen LogP contribution is 2.20. The van der Waals surface area contributed by atoms with E-state index in [2.05, 4.69) is 21.2 Å². The monoisotopic (exact) mass is 405 g/mol. The van der Waals surface area contributed by atoms with E-state index in [9.17, 15) is 19.7 Å². The minimum atomic E-state index is -0.570. The van der Waals surface area contributed by atoms with Crippen LogP contribution in [0.25, 0.3) is 0 Å². The van der Waals surface area contributed by atoms with Gasteiger partial charge in [0.2, 0.25) is 5.91 Å². The van der Waals surface area contributed by atoms with Gasteiger partial charge in [-0.05, 0) is 36.8 Å². The van der Waals surface area contributed by atoms with E-state index in [4.69, 9.17) is 0 Å². The Kier molecular flexibility index (Phi) is 5.87. The number of carbonyl (C=O) groups is 2. The molecule has 25 heavy (non-hydrogen) atoms. The van der Waals surface area contributed by atoms with E-state index < -0.39 is 10.8 Å². The number of amides is 2. The molecule has 7 nitrogen and oxygen atoms in total. The first-order chi connectivity index (χ1) is 11.8. The number of likely N-dealkylation sites (N-methyl/N-ethyl adjacent to an activating group) is 1. The van der Waals surface area contributed by atoms with Crippen molar-refractivity contribution in [3.63, 3.8) is 0 Å². The van der Waals surface area contributed by atoms with Gasteiger partial charge in [-0.25, -0.2) is 0 Å². The number of nitro groups is 1. The number of carbonyl (C=O) groups excluding carboxylic acids is 2. The zero-order valence-corrected chi connectivity index (χ0v) is 15.2. The van der Waals surface area contributed by atoms with Gasteiger partial charge in [-0.2, -0.15) is 0 Å². The molecular formula is C17H16BrN3O4. The second-order valence-corrected chi connectivity index (χ2v) is 6.39. The quantitative estimate of drug-likeness (QED) is 0.609. The van der Waals surface area contributed by atoms with Gasteiger partial charge >= 0.3 is 0 Å². The minimum Gasteiger partial charge on any atom is -0.332 e. The van der Waals surface area contributed by atoms with Crippen molar-refractivity contribution in [1.29, 1.82) is 0 Å². The summed E-state index contributed by atoms with van der Waals surface area (Å²) in [5.41, 5.74) is 1.53. The van der Waals surface area contributed by atoms with Crippen LogP contribution in [0.5, 0.6) is 0 Å². The molecule has 2 aromatic carbocycles.